The van der Waals surface area contributed by atoms with Gasteiger partial charge in [0.1, 0.15) is 0 Å². The molecule has 104 valence electrons. The fourth-order valence-corrected chi connectivity index (χ4v) is 2.82. The number of carbonyl (C=O) groups excluding carboxylic acids is 1. The third-order valence-corrected chi connectivity index (χ3v) is 3.95. The summed E-state index contributed by atoms with van der Waals surface area (Å²) in [7, 11) is 0. The summed E-state index contributed by atoms with van der Waals surface area (Å²) in [5.74, 6) is -0.0110. The number of piperidine rings is 1. The van der Waals surface area contributed by atoms with Gasteiger partial charge in [0.05, 0.1) is 11.1 Å². The van der Waals surface area contributed by atoms with Crippen molar-refractivity contribution in [2.75, 3.05) is 13.1 Å². The van der Waals surface area contributed by atoms with Gasteiger partial charge in [-0.25, -0.2) is 0 Å². The fourth-order valence-electron chi connectivity index (χ4n) is 2.59. The summed E-state index contributed by atoms with van der Waals surface area (Å²) < 4.78 is 0. The molecule has 20 heavy (non-hydrogen) atoms. The Morgan fingerprint density at radius 1 is 1.35 bits per heavy atom. The van der Waals surface area contributed by atoms with Crippen molar-refractivity contribution in [3.63, 3.8) is 0 Å². The molecule has 1 aliphatic heterocycles. The van der Waals surface area contributed by atoms with Crippen LogP contribution in [0.5, 0.6) is 0 Å². The largest absolute Gasteiger partial charge is 0.338 e. The minimum Gasteiger partial charge on any atom is -0.338 e. The summed E-state index contributed by atoms with van der Waals surface area (Å²) >= 11 is 6.11. The first-order valence-corrected chi connectivity index (χ1v) is 7.12. The van der Waals surface area contributed by atoms with Crippen LogP contribution in [-0.4, -0.2) is 34.9 Å². The Kier molecular flexibility index (Phi) is 3.59. The van der Waals surface area contributed by atoms with Crippen molar-refractivity contribution in [1.29, 1.82) is 0 Å². The molecule has 2 heterocycles. The molecule has 2 N–H and O–H groups in total. The maximum atomic E-state index is 12.7. The molecule has 1 aliphatic rings. The zero-order valence-electron chi connectivity index (χ0n) is 11.1. The van der Waals surface area contributed by atoms with E-state index in [1.807, 2.05) is 23.1 Å². The Bertz CT molecular complexity index is 651. The van der Waals surface area contributed by atoms with Crippen molar-refractivity contribution >= 4 is 28.4 Å². The number of halogens is 1. The molecular formula is C15H16ClN3O. The van der Waals surface area contributed by atoms with Gasteiger partial charge in [0.2, 0.25) is 0 Å². The zero-order valence-corrected chi connectivity index (χ0v) is 11.8. The maximum absolute atomic E-state index is 12.7. The van der Waals surface area contributed by atoms with E-state index in [0.29, 0.717) is 29.2 Å². The average Bonchev–Trinajstić information content (AvgIpc) is 2.46. The zero-order chi connectivity index (χ0) is 14.1. The van der Waals surface area contributed by atoms with E-state index in [4.69, 9.17) is 17.3 Å². The standard InChI is InChI=1S/C15H16ClN3O/c16-11-8-10-2-1-5-18-14(10)13(9-11)15(20)19-6-3-12(17)4-7-19/h1-2,5,8-9,12H,3-4,6-7,17H2. The fraction of sp³-hybridized carbons (Fsp3) is 0.333. The second-order valence-corrected chi connectivity index (χ2v) is 5.59. The van der Waals surface area contributed by atoms with Gasteiger partial charge in [-0.05, 0) is 31.0 Å². The SMILES string of the molecule is NC1CCN(C(=O)c2cc(Cl)cc3cccnc23)CC1. The molecule has 1 amide bonds. The number of rotatable bonds is 1. The lowest BCUT2D eigenvalue weighted by molar-refractivity contribution is 0.0716. The highest BCUT2D eigenvalue weighted by Gasteiger charge is 2.23. The number of hydrogen-bond acceptors (Lipinski definition) is 3. The quantitative estimate of drug-likeness (QED) is 0.877. The van der Waals surface area contributed by atoms with Crippen molar-refractivity contribution in [3.05, 3.63) is 41.0 Å². The molecule has 0 bridgehead atoms. The second kappa shape index (κ2) is 5.38. The van der Waals surface area contributed by atoms with Crippen LogP contribution in [0.3, 0.4) is 0 Å². The topological polar surface area (TPSA) is 59.2 Å². The van der Waals surface area contributed by atoms with E-state index in [1.165, 1.54) is 0 Å². The van der Waals surface area contributed by atoms with Crippen molar-refractivity contribution in [3.8, 4) is 0 Å². The molecule has 3 rings (SSSR count). The molecule has 1 fully saturated rings. The van der Waals surface area contributed by atoms with Crippen molar-refractivity contribution < 1.29 is 4.79 Å². The molecule has 4 nitrogen and oxygen atoms in total. The highest BCUT2D eigenvalue weighted by molar-refractivity contribution is 6.32. The number of hydrogen-bond donors (Lipinski definition) is 1. The minimum absolute atomic E-state index is 0.0110. The van der Waals surface area contributed by atoms with Crippen LogP contribution in [0.4, 0.5) is 0 Å². The lowest BCUT2D eigenvalue weighted by atomic mass is 10.0. The lowest BCUT2D eigenvalue weighted by Gasteiger charge is -2.30. The van der Waals surface area contributed by atoms with E-state index in [1.54, 1.807) is 12.3 Å². The van der Waals surface area contributed by atoms with Crippen LogP contribution in [0, 0.1) is 0 Å². The molecule has 0 unspecified atom stereocenters. The smallest absolute Gasteiger partial charge is 0.256 e. The van der Waals surface area contributed by atoms with Crippen LogP contribution in [0.2, 0.25) is 5.02 Å². The van der Waals surface area contributed by atoms with Gasteiger partial charge in [0, 0.05) is 35.7 Å². The van der Waals surface area contributed by atoms with Gasteiger partial charge in [0.15, 0.2) is 0 Å². The number of fused-ring (bicyclic) bond motifs is 1. The van der Waals surface area contributed by atoms with Gasteiger partial charge in [-0.3, -0.25) is 9.78 Å². The van der Waals surface area contributed by atoms with E-state index in [9.17, 15) is 4.79 Å². The van der Waals surface area contributed by atoms with E-state index in [-0.39, 0.29) is 11.9 Å². The Labute approximate surface area is 122 Å². The van der Waals surface area contributed by atoms with E-state index in [2.05, 4.69) is 4.98 Å². The van der Waals surface area contributed by atoms with Gasteiger partial charge in [0.25, 0.3) is 5.91 Å². The number of amides is 1. The summed E-state index contributed by atoms with van der Waals surface area (Å²) in [5.41, 5.74) is 7.16. The Morgan fingerprint density at radius 3 is 2.85 bits per heavy atom. The first-order valence-electron chi connectivity index (χ1n) is 6.74. The molecular weight excluding hydrogens is 274 g/mol. The Balaban J connectivity index is 1.99. The molecule has 0 saturated carbocycles. The van der Waals surface area contributed by atoms with E-state index in [0.717, 1.165) is 18.2 Å². The normalized spacial score (nSPS) is 16.6. The van der Waals surface area contributed by atoms with Gasteiger partial charge in [-0.15, -0.1) is 0 Å². The van der Waals surface area contributed by atoms with Gasteiger partial charge < -0.3 is 10.6 Å². The molecule has 0 aliphatic carbocycles. The van der Waals surface area contributed by atoms with Crippen LogP contribution in [0.25, 0.3) is 10.9 Å². The second-order valence-electron chi connectivity index (χ2n) is 5.16. The number of nitrogens with two attached hydrogens (primary N) is 1. The molecule has 0 atom stereocenters. The third-order valence-electron chi connectivity index (χ3n) is 3.73. The van der Waals surface area contributed by atoms with Crippen molar-refractivity contribution in [1.82, 2.24) is 9.88 Å². The van der Waals surface area contributed by atoms with Crippen molar-refractivity contribution in [2.24, 2.45) is 5.73 Å². The summed E-state index contributed by atoms with van der Waals surface area (Å²) in [6, 6.07) is 7.48. The first kappa shape index (κ1) is 13.3. The van der Waals surface area contributed by atoms with Crippen LogP contribution in [-0.2, 0) is 0 Å². The monoisotopic (exact) mass is 289 g/mol. The minimum atomic E-state index is -0.0110. The van der Waals surface area contributed by atoms with Crippen LogP contribution in [0.1, 0.15) is 23.2 Å². The molecule has 1 saturated heterocycles. The molecule has 2 aromatic rings. The number of nitrogens with zero attached hydrogens (tertiary/aromatic N) is 2. The molecule has 0 spiro atoms. The summed E-state index contributed by atoms with van der Waals surface area (Å²) in [6.45, 7) is 1.39. The molecule has 0 radical (unpaired) electrons. The lowest BCUT2D eigenvalue weighted by Crippen LogP contribution is -2.42. The number of benzene rings is 1. The Morgan fingerprint density at radius 2 is 2.10 bits per heavy atom. The van der Waals surface area contributed by atoms with Crippen LogP contribution < -0.4 is 5.73 Å². The average molecular weight is 290 g/mol. The number of pyridine rings is 1. The molecule has 1 aromatic carbocycles. The van der Waals surface area contributed by atoms with Gasteiger partial charge in [-0.2, -0.15) is 0 Å². The predicted molar refractivity (Wildman–Crippen MR) is 79.9 cm³/mol. The molecule has 5 heteroatoms. The maximum Gasteiger partial charge on any atom is 0.256 e. The van der Waals surface area contributed by atoms with E-state index >= 15 is 0 Å². The number of aromatic nitrogens is 1. The van der Waals surface area contributed by atoms with Crippen LogP contribution in [0.15, 0.2) is 30.5 Å². The van der Waals surface area contributed by atoms with E-state index < -0.39 is 0 Å². The third kappa shape index (κ3) is 2.49. The Hall–Kier alpha value is -1.65. The van der Waals surface area contributed by atoms with Crippen molar-refractivity contribution in [2.45, 2.75) is 18.9 Å². The summed E-state index contributed by atoms with van der Waals surface area (Å²) in [4.78, 5) is 18.8. The molecule has 1 aromatic heterocycles. The predicted octanol–water partition coefficient (Wildman–Crippen LogP) is 2.45. The summed E-state index contributed by atoms with van der Waals surface area (Å²) in [6.07, 6.45) is 3.38. The van der Waals surface area contributed by atoms with Gasteiger partial charge in [-0.1, -0.05) is 17.7 Å². The van der Waals surface area contributed by atoms with Gasteiger partial charge >= 0.3 is 0 Å². The highest BCUT2D eigenvalue weighted by atomic mass is 35.5. The first-order chi connectivity index (χ1) is 9.65. The summed E-state index contributed by atoms with van der Waals surface area (Å²) in [5, 5.41) is 1.44. The highest BCUT2D eigenvalue weighted by Crippen LogP contribution is 2.24. The number of likely N-dealkylation sites (tertiary alicyclic amines) is 1. The van der Waals surface area contributed by atoms with Crippen LogP contribution >= 0.6 is 11.6 Å². The number of carbonyl (C=O) groups is 1.